The zero-order chi connectivity index (χ0) is 35.1. The number of phosphoric ester groups is 1. The Hall–Kier alpha value is -1.51. The second kappa shape index (κ2) is 30.5. The molecule has 0 aliphatic carbocycles. The van der Waals surface area contributed by atoms with Crippen LogP contribution in [-0.2, 0) is 32.7 Å². The topological polar surface area (TPSA) is 108 Å². The van der Waals surface area contributed by atoms with Crippen LogP contribution in [0.5, 0.6) is 0 Å². The lowest BCUT2D eigenvalue weighted by Gasteiger charge is -2.24. The van der Waals surface area contributed by atoms with Gasteiger partial charge in [-0.05, 0) is 38.5 Å². The van der Waals surface area contributed by atoms with Crippen LogP contribution >= 0.6 is 7.82 Å². The van der Waals surface area contributed by atoms with Crippen LogP contribution in [0, 0.1) is 0 Å². The van der Waals surface area contributed by atoms with E-state index in [1.807, 2.05) is 21.1 Å². The lowest BCUT2D eigenvalue weighted by atomic mass is 10.1. The summed E-state index contributed by atoms with van der Waals surface area (Å²) in [5.41, 5.74) is 0. The molecule has 0 aliphatic heterocycles. The van der Waals surface area contributed by atoms with Gasteiger partial charge >= 0.3 is 19.8 Å². The first kappa shape index (κ1) is 45.5. The molecule has 0 aromatic rings. The second-order valence-electron chi connectivity index (χ2n) is 13.6. The number of esters is 2. The van der Waals surface area contributed by atoms with Crippen LogP contribution < -0.4 is 0 Å². The summed E-state index contributed by atoms with van der Waals surface area (Å²) in [4.78, 5) is 35.0. The van der Waals surface area contributed by atoms with Crippen molar-refractivity contribution in [3.63, 3.8) is 0 Å². The summed E-state index contributed by atoms with van der Waals surface area (Å²) in [6, 6.07) is 0. The number of hydrogen-bond acceptors (Lipinski definition) is 7. The average Bonchev–Trinajstić information content (AvgIpc) is 3.01. The maximum Gasteiger partial charge on any atom is 0.472 e. The van der Waals surface area contributed by atoms with Gasteiger partial charge in [0.1, 0.15) is 19.8 Å². The maximum absolute atomic E-state index is 12.6. The van der Waals surface area contributed by atoms with Gasteiger partial charge in [-0.3, -0.25) is 18.6 Å². The molecule has 0 fully saturated rings. The summed E-state index contributed by atoms with van der Waals surface area (Å²) >= 11 is 0. The molecule has 2 unspecified atom stereocenters. The van der Waals surface area contributed by atoms with Gasteiger partial charge in [0.2, 0.25) is 0 Å². The van der Waals surface area contributed by atoms with Crippen molar-refractivity contribution in [1.29, 1.82) is 0 Å². The number of carbonyl (C=O) groups excluding carboxylic acids is 2. The van der Waals surface area contributed by atoms with E-state index in [2.05, 4.69) is 38.2 Å². The number of likely N-dealkylation sites (N-methyl/N-ethyl adjacent to an activating group) is 1. The summed E-state index contributed by atoms with van der Waals surface area (Å²) < 4.78 is 34.1. The molecule has 0 radical (unpaired) electrons. The molecule has 0 saturated carbocycles. The molecular formula is C37H71NO8P+. The van der Waals surface area contributed by atoms with Crippen molar-refractivity contribution in [2.75, 3.05) is 47.5 Å². The fraction of sp³-hybridized carbons (Fsp3) is 0.838. The molecule has 0 aromatic carbocycles. The van der Waals surface area contributed by atoms with Crippen LogP contribution in [0.1, 0.15) is 149 Å². The Bertz CT molecular complexity index is 871. The third-order valence-corrected chi connectivity index (χ3v) is 8.72. The minimum atomic E-state index is -4.36. The number of allylic oxidation sites excluding steroid dienone is 4. The quantitative estimate of drug-likeness (QED) is 0.0239. The molecule has 0 aromatic heterocycles. The molecule has 0 heterocycles. The van der Waals surface area contributed by atoms with Crippen LogP contribution in [0.3, 0.4) is 0 Å². The molecule has 276 valence electrons. The first-order chi connectivity index (χ1) is 22.5. The fourth-order valence-electron chi connectivity index (χ4n) is 4.73. The van der Waals surface area contributed by atoms with Gasteiger partial charge in [-0.15, -0.1) is 0 Å². The second-order valence-corrected chi connectivity index (χ2v) is 15.1. The van der Waals surface area contributed by atoms with Crippen molar-refractivity contribution in [2.24, 2.45) is 0 Å². The van der Waals surface area contributed by atoms with Crippen LogP contribution in [-0.4, -0.2) is 74.9 Å². The number of carbonyl (C=O) groups is 2. The Morgan fingerprint density at radius 1 is 0.660 bits per heavy atom. The Kier molecular flexibility index (Phi) is 29.6. The summed E-state index contributed by atoms with van der Waals surface area (Å²) in [6.45, 7) is 4.32. The van der Waals surface area contributed by atoms with Gasteiger partial charge in [-0.1, -0.05) is 122 Å². The maximum atomic E-state index is 12.6. The van der Waals surface area contributed by atoms with Gasteiger partial charge < -0.3 is 18.9 Å². The molecule has 0 amide bonds. The summed E-state index contributed by atoms with van der Waals surface area (Å²) in [5.74, 6) is -0.819. The van der Waals surface area contributed by atoms with Crippen LogP contribution in [0.25, 0.3) is 0 Å². The largest absolute Gasteiger partial charge is 0.472 e. The molecule has 0 rings (SSSR count). The minimum Gasteiger partial charge on any atom is -0.462 e. The van der Waals surface area contributed by atoms with Crippen molar-refractivity contribution < 1.29 is 42.1 Å². The zero-order valence-corrected chi connectivity index (χ0v) is 31.7. The lowest BCUT2D eigenvalue weighted by Crippen LogP contribution is -2.37. The van der Waals surface area contributed by atoms with E-state index >= 15 is 0 Å². The highest BCUT2D eigenvalue weighted by Gasteiger charge is 2.27. The summed E-state index contributed by atoms with van der Waals surface area (Å²) in [5, 5.41) is 0. The Morgan fingerprint density at radius 3 is 1.74 bits per heavy atom. The normalized spacial score (nSPS) is 14.1. The van der Waals surface area contributed by atoms with Gasteiger partial charge in [-0.25, -0.2) is 4.57 Å². The SMILES string of the molecule is CCCC/C=C\C/C=C\CCCCCCCC(=O)OC(COC(=O)CCCCCCCCCCC)COP(=O)(O)OCC[N+](C)(C)C. The first-order valence-electron chi connectivity index (χ1n) is 18.6. The predicted octanol–water partition coefficient (Wildman–Crippen LogP) is 9.63. The van der Waals surface area contributed by atoms with Crippen molar-refractivity contribution in [1.82, 2.24) is 0 Å². The van der Waals surface area contributed by atoms with E-state index < -0.39 is 26.5 Å². The Labute approximate surface area is 288 Å². The molecule has 2 atom stereocenters. The molecule has 1 N–H and O–H groups in total. The zero-order valence-electron chi connectivity index (χ0n) is 30.8. The number of nitrogens with zero attached hydrogens (tertiary/aromatic N) is 1. The van der Waals surface area contributed by atoms with Crippen molar-refractivity contribution in [3.05, 3.63) is 24.3 Å². The molecular weight excluding hydrogens is 617 g/mol. The molecule has 0 saturated heterocycles. The number of phosphoric acid groups is 1. The number of unbranched alkanes of at least 4 members (excludes halogenated alkanes) is 15. The lowest BCUT2D eigenvalue weighted by molar-refractivity contribution is -0.870. The Morgan fingerprint density at radius 2 is 1.17 bits per heavy atom. The van der Waals surface area contributed by atoms with E-state index in [-0.39, 0.29) is 32.0 Å². The van der Waals surface area contributed by atoms with Crippen LogP contribution in [0.4, 0.5) is 0 Å². The van der Waals surface area contributed by atoms with E-state index in [9.17, 15) is 19.0 Å². The molecule has 9 nitrogen and oxygen atoms in total. The molecule has 10 heteroatoms. The van der Waals surface area contributed by atoms with Gasteiger partial charge in [-0.2, -0.15) is 0 Å². The molecule has 47 heavy (non-hydrogen) atoms. The summed E-state index contributed by atoms with van der Waals surface area (Å²) in [6.07, 6.45) is 29.4. The van der Waals surface area contributed by atoms with Crippen LogP contribution in [0.2, 0.25) is 0 Å². The highest BCUT2D eigenvalue weighted by atomic mass is 31.2. The third-order valence-electron chi connectivity index (χ3n) is 7.73. The third kappa shape index (κ3) is 34.2. The van der Waals surface area contributed by atoms with Crippen molar-refractivity contribution in [3.8, 4) is 0 Å². The predicted molar refractivity (Wildman–Crippen MR) is 192 cm³/mol. The number of rotatable bonds is 33. The molecule has 0 bridgehead atoms. The van der Waals surface area contributed by atoms with E-state index in [1.54, 1.807) is 0 Å². The van der Waals surface area contributed by atoms with Gasteiger partial charge in [0, 0.05) is 12.8 Å². The van der Waals surface area contributed by atoms with E-state index in [4.69, 9.17) is 18.5 Å². The van der Waals surface area contributed by atoms with E-state index in [0.717, 1.165) is 64.2 Å². The fourth-order valence-corrected chi connectivity index (χ4v) is 5.48. The number of quaternary nitrogens is 1. The van der Waals surface area contributed by atoms with Crippen LogP contribution in [0.15, 0.2) is 24.3 Å². The monoisotopic (exact) mass is 688 g/mol. The number of ether oxygens (including phenoxy) is 2. The van der Waals surface area contributed by atoms with E-state index in [1.165, 1.54) is 51.4 Å². The first-order valence-corrected chi connectivity index (χ1v) is 20.1. The van der Waals surface area contributed by atoms with Gasteiger partial charge in [0.05, 0.1) is 27.7 Å². The van der Waals surface area contributed by atoms with Gasteiger partial charge in [0.25, 0.3) is 0 Å². The minimum absolute atomic E-state index is 0.0300. The van der Waals surface area contributed by atoms with Gasteiger partial charge in [0.15, 0.2) is 6.10 Å². The smallest absolute Gasteiger partial charge is 0.462 e. The molecule has 0 spiro atoms. The summed E-state index contributed by atoms with van der Waals surface area (Å²) in [7, 11) is 1.47. The molecule has 0 aliphatic rings. The standard InChI is InChI=1S/C37H70NO8P/c1-6-8-10-12-14-16-17-18-19-20-22-24-26-28-30-37(40)46-35(34-45-47(41,42)44-32-31-38(3,4)5)33-43-36(39)29-27-25-23-21-15-13-11-9-7-2/h12,14,17-18,35H,6-11,13,15-16,19-34H2,1-5H3/p+1/b14-12-,18-17-. The average molecular weight is 689 g/mol. The van der Waals surface area contributed by atoms with Crippen molar-refractivity contribution >= 4 is 19.8 Å². The highest BCUT2D eigenvalue weighted by Crippen LogP contribution is 2.43. The highest BCUT2D eigenvalue weighted by molar-refractivity contribution is 7.47. The van der Waals surface area contributed by atoms with E-state index in [0.29, 0.717) is 17.4 Å². The van der Waals surface area contributed by atoms with Crippen molar-refractivity contribution in [2.45, 2.75) is 155 Å². The number of hydrogen-bond donors (Lipinski definition) is 1. The Balaban J connectivity index is 4.48.